The number of aromatic amines is 1. The molecule has 2 aromatic carbocycles. The van der Waals surface area contributed by atoms with Crippen molar-refractivity contribution in [3.63, 3.8) is 0 Å². The number of hydrogen-bond acceptors (Lipinski definition) is 4. The van der Waals surface area contributed by atoms with Gasteiger partial charge in [-0.05, 0) is 42.5 Å². The van der Waals surface area contributed by atoms with Crippen LogP contribution in [0.25, 0.3) is 11.3 Å². The highest BCUT2D eigenvalue weighted by Gasteiger charge is 2.32. The van der Waals surface area contributed by atoms with E-state index in [1.807, 2.05) is 0 Å². The predicted octanol–water partition coefficient (Wildman–Crippen LogP) is 4.81. The Balaban J connectivity index is 2.07. The molecule has 0 saturated carbocycles. The van der Waals surface area contributed by atoms with Gasteiger partial charge in [0.15, 0.2) is 5.69 Å². The monoisotopic (exact) mass is 364 g/mol. The van der Waals surface area contributed by atoms with Gasteiger partial charge in [0.2, 0.25) is 0 Å². The third-order valence-electron chi connectivity index (χ3n) is 3.22. The fourth-order valence-electron chi connectivity index (χ4n) is 2.11. The summed E-state index contributed by atoms with van der Waals surface area (Å²) in [4.78, 5) is 0. The zero-order valence-corrected chi connectivity index (χ0v) is 13.1. The van der Waals surface area contributed by atoms with E-state index in [0.29, 0.717) is 10.8 Å². The van der Waals surface area contributed by atoms with Crippen LogP contribution in [0.15, 0.2) is 42.5 Å². The van der Waals surface area contributed by atoms with Crippen LogP contribution in [-0.2, 0) is 6.18 Å². The summed E-state index contributed by atoms with van der Waals surface area (Å²) >= 11 is 5.77. The largest absolute Gasteiger partial charge is 0.457 e. The van der Waals surface area contributed by atoms with Crippen molar-refractivity contribution in [1.82, 2.24) is 15.4 Å². The first-order valence-corrected chi connectivity index (χ1v) is 7.22. The molecule has 0 amide bonds. The van der Waals surface area contributed by atoms with Crippen LogP contribution >= 0.6 is 11.6 Å². The minimum Gasteiger partial charge on any atom is -0.457 e. The molecule has 0 bridgehead atoms. The number of benzene rings is 2. The van der Waals surface area contributed by atoms with Crippen molar-refractivity contribution < 1.29 is 17.9 Å². The SMILES string of the molecule is N#Cc1[nH]nnc1-c1cc(Oc2ccc(Cl)cc2)cc(C(F)(F)F)c1. The number of aromatic nitrogens is 3. The van der Waals surface area contributed by atoms with Gasteiger partial charge in [-0.1, -0.05) is 16.8 Å². The number of H-pyrrole nitrogens is 1. The lowest BCUT2D eigenvalue weighted by Crippen LogP contribution is -2.05. The molecule has 0 radical (unpaired) electrons. The van der Waals surface area contributed by atoms with Crippen LogP contribution in [0.5, 0.6) is 11.5 Å². The van der Waals surface area contributed by atoms with Crippen molar-refractivity contribution >= 4 is 11.6 Å². The molecule has 9 heteroatoms. The second kappa shape index (κ2) is 6.45. The maximum Gasteiger partial charge on any atom is 0.416 e. The molecule has 1 aromatic heterocycles. The molecule has 3 aromatic rings. The first-order valence-electron chi connectivity index (χ1n) is 6.84. The highest BCUT2D eigenvalue weighted by molar-refractivity contribution is 6.30. The maximum absolute atomic E-state index is 13.2. The number of nitrogens with one attached hydrogen (secondary N) is 1. The Labute approximate surface area is 144 Å². The molecular weight excluding hydrogens is 357 g/mol. The molecule has 0 aliphatic carbocycles. The average molecular weight is 365 g/mol. The Morgan fingerprint density at radius 2 is 1.80 bits per heavy atom. The number of hydrogen-bond donors (Lipinski definition) is 1. The van der Waals surface area contributed by atoms with Gasteiger partial charge >= 0.3 is 6.18 Å². The van der Waals surface area contributed by atoms with Crippen LogP contribution in [0.2, 0.25) is 5.02 Å². The van der Waals surface area contributed by atoms with E-state index in [-0.39, 0.29) is 22.7 Å². The lowest BCUT2D eigenvalue weighted by molar-refractivity contribution is -0.137. The highest BCUT2D eigenvalue weighted by Crippen LogP contribution is 2.37. The summed E-state index contributed by atoms with van der Waals surface area (Å²) in [6, 6.07) is 11.0. The second-order valence-corrected chi connectivity index (χ2v) is 5.38. The van der Waals surface area contributed by atoms with Crippen LogP contribution in [0.4, 0.5) is 13.2 Å². The van der Waals surface area contributed by atoms with Gasteiger partial charge in [-0.3, -0.25) is 0 Å². The molecule has 1 heterocycles. The molecule has 5 nitrogen and oxygen atoms in total. The Hall–Kier alpha value is -3.05. The van der Waals surface area contributed by atoms with Crippen molar-refractivity contribution in [3.8, 4) is 28.8 Å². The number of ether oxygens (including phenoxy) is 1. The highest BCUT2D eigenvalue weighted by atomic mass is 35.5. The van der Waals surface area contributed by atoms with Crippen LogP contribution in [0.1, 0.15) is 11.3 Å². The normalized spacial score (nSPS) is 11.2. The number of nitrogens with zero attached hydrogens (tertiary/aromatic N) is 3. The van der Waals surface area contributed by atoms with Crippen LogP contribution in [-0.4, -0.2) is 15.4 Å². The van der Waals surface area contributed by atoms with Crippen molar-refractivity contribution in [2.45, 2.75) is 6.18 Å². The van der Waals surface area contributed by atoms with Crippen LogP contribution in [0.3, 0.4) is 0 Å². The Morgan fingerprint density at radius 3 is 2.44 bits per heavy atom. The summed E-state index contributed by atoms with van der Waals surface area (Å²) in [7, 11) is 0. The average Bonchev–Trinajstić information content (AvgIpc) is 3.04. The fraction of sp³-hybridized carbons (Fsp3) is 0.0625. The van der Waals surface area contributed by atoms with E-state index in [0.717, 1.165) is 12.1 Å². The Morgan fingerprint density at radius 1 is 1.08 bits per heavy atom. The van der Waals surface area contributed by atoms with Crippen molar-refractivity contribution in [3.05, 3.63) is 58.7 Å². The molecule has 0 aliphatic rings. The predicted molar refractivity (Wildman–Crippen MR) is 83.1 cm³/mol. The standard InChI is InChI=1S/C16H8ClF3N4O/c17-11-1-3-12(4-2-11)25-13-6-9(5-10(7-13)16(18,19)20)15-14(8-21)22-24-23-15/h1-7H,(H,22,23,24). The molecule has 0 aliphatic heterocycles. The molecule has 0 saturated heterocycles. The summed E-state index contributed by atoms with van der Waals surface area (Å²) < 4.78 is 45.0. The van der Waals surface area contributed by atoms with Gasteiger partial charge in [0.1, 0.15) is 23.3 Å². The zero-order valence-electron chi connectivity index (χ0n) is 12.3. The molecule has 0 fully saturated rings. The minimum absolute atomic E-state index is 0.00885. The van der Waals surface area contributed by atoms with E-state index in [4.69, 9.17) is 21.6 Å². The molecular formula is C16H8ClF3N4O. The van der Waals surface area contributed by atoms with Crippen LogP contribution in [0, 0.1) is 11.3 Å². The van der Waals surface area contributed by atoms with Crippen LogP contribution < -0.4 is 4.74 Å². The third-order valence-corrected chi connectivity index (χ3v) is 3.47. The Kier molecular flexibility index (Phi) is 4.33. The molecule has 0 atom stereocenters. The molecule has 1 N–H and O–H groups in total. The van der Waals surface area contributed by atoms with Crippen molar-refractivity contribution in [1.29, 1.82) is 5.26 Å². The molecule has 0 unspecified atom stereocenters. The van der Waals surface area contributed by atoms with Gasteiger partial charge in [-0.15, -0.1) is 5.10 Å². The van der Waals surface area contributed by atoms with Gasteiger partial charge in [-0.2, -0.15) is 18.4 Å². The number of alkyl halides is 3. The van der Waals surface area contributed by atoms with Gasteiger partial charge in [0.25, 0.3) is 0 Å². The summed E-state index contributed by atoms with van der Waals surface area (Å²) in [5, 5.41) is 18.9. The minimum atomic E-state index is -4.59. The van der Waals surface area contributed by atoms with E-state index < -0.39 is 11.7 Å². The molecule has 25 heavy (non-hydrogen) atoms. The van der Waals surface area contributed by atoms with E-state index in [2.05, 4.69) is 15.4 Å². The molecule has 0 spiro atoms. The van der Waals surface area contributed by atoms with E-state index >= 15 is 0 Å². The third kappa shape index (κ3) is 3.72. The van der Waals surface area contributed by atoms with E-state index in [1.165, 1.54) is 18.2 Å². The van der Waals surface area contributed by atoms with Gasteiger partial charge in [0.05, 0.1) is 5.56 Å². The van der Waals surface area contributed by atoms with Gasteiger partial charge < -0.3 is 4.74 Å². The summed E-state index contributed by atoms with van der Waals surface area (Å²) in [6.45, 7) is 0. The van der Waals surface area contributed by atoms with Crippen molar-refractivity contribution in [2.75, 3.05) is 0 Å². The summed E-state index contributed by atoms with van der Waals surface area (Å²) in [5.41, 5.74) is -0.906. The first-order chi connectivity index (χ1) is 11.9. The van der Waals surface area contributed by atoms with Gasteiger partial charge in [0, 0.05) is 10.6 Å². The summed E-state index contributed by atoms with van der Waals surface area (Å²) in [5.74, 6) is 0.259. The quantitative estimate of drug-likeness (QED) is 0.723. The topological polar surface area (TPSA) is 74.6 Å². The summed E-state index contributed by atoms with van der Waals surface area (Å²) in [6.07, 6.45) is -4.59. The second-order valence-electron chi connectivity index (χ2n) is 4.95. The molecule has 126 valence electrons. The number of halogens is 4. The van der Waals surface area contributed by atoms with E-state index in [9.17, 15) is 13.2 Å². The smallest absolute Gasteiger partial charge is 0.416 e. The molecule has 3 rings (SSSR count). The fourth-order valence-corrected chi connectivity index (χ4v) is 2.23. The van der Waals surface area contributed by atoms with Crippen molar-refractivity contribution in [2.24, 2.45) is 0 Å². The lowest BCUT2D eigenvalue weighted by Gasteiger charge is -2.12. The Bertz CT molecular complexity index is 945. The number of nitriles is 1. The zero-order chi connectivity index (χ0) is 18.0. The van der Waals surface area contributed by atoms with E-state index in [1.54, 1.807) is 18.2 Å². The van der Waals surface area contributed by atoms with Gasteiger partial charge in [-0.25, -0.2) is 5.10 Å². The number of rotatable bonds is 3. The first kappa shape index (κ1) is 16.8. The lowest BCUT2D eigenvalue weighted by atomic mass is 10.1. The maximum atomic E-state index is 13.2.